The van der Waals surface area contributed by atoms with Gasteiger partial charge in [0, 0.05) is 0 Å². The summed E-state index contributed by atoms with van der Waals surface area (Å²) in [7, 11) is 0. The molecule has 0 N–H and O–H groups in total. The second-order valence-corrected chi connectivity index (χ2v) is 3.18. The highest BCUT2D eigenvalue weighted by Crippen LogP contribution is 2.24. The average molecular weight is 188 g/mol. The van der Waals surface area contributed by atoms with Crippen LogP contribution in [0.3, 0.4) is 0 Å². The van der Waals surface area contributed by atoms with Gasteiger partial charge in [-0.25, -0.2) is 0 Å². The fourth-order valence-corrected chi connectivity index (χ4v) is 1.16. The first kappa shape index (κ1) is 7.92. The molecule has 2 rings (SSSR count). The Morgan fingerprint density at radius 1 is 1.67 bits per heavy atom. The molecule has 1 aromatic heterocycles. The summed E-state index contributed by atoms with van der Waals surface area (Å²) in [5.41, 5.74) is 0.728. The number of alkyl halides is 1. The van der Waals surface area contributed by atoms with Gasteiger partial charge in [0.05, 0.1) is 11.6 Å². The van der Waals surface area contributed by atoms with Crippen LogP contribution in [0, 0.1) is 0 Å². The van der Waals surface area contributed by atoms with E-state index in [1.165, 1.54) is 12.7 Å². The van der Waals surface area contributed by atoms with Crippen LogP contribution in [-0.4, -0.2) is 11.1 Å². The topological polar surface area (TPSA) is 35.3 Å². The fourth-order valence-electron chi connectivity index (χ4n) is 1.04. The molecule has 0 bridgehead atoms. The lowest BCUT2D eigenvalue weighted by Gasteiger charge is -2.23. The normalized spacial score (nSPS) is 17.4. The second-order valence-electron chi connectivity index (χ2n) is 2.91. The SMILES string of the molecule is ClCc1coc(OC2CCC2)n1. The minimum absolute atomic E-state index is 0.312. The van der Waals surface area contributed by atoms with Crippen LogP contribution in [0.25, 0.3) is 0 Å². The highest BCUT2D eigenvalue weighted by molar-refractivity contribution is 6.16. The maximum absolute atomic E-state index is 5.55. The zero-order valence-corrected chi connectivity index (χ0v) is 7.38. The summed E-state index contributed by atoms with van der Waals surface area (Å²) in [5.74, 6) is 0.373. The standard InChI is InChI=1S/C8H10ClNO2/c9-4-6-5-11-8(10-6)12-7-2-1-3-7/h5,7H,1-4H2. The van der Waals surface area contributed by atoms with Crippen molar-refractivity contribution in [2.45, 2.75) is 31.2 Å². The summed E-state index contributed by atoms with van der Waals surface area (Å²) >= 11 is 5.55. The van der Waals surface area contributed by atoms with Gasteiger partial charge in [-0.2, -0.15) is 4.98 Å². The molecule has 1 fully saturated rings. The maximum atomic E-state index is 5.55. The van der Waals surface area contributed by atoms with Gasteiger partial charge in [0.15, 0.2) is 0 Å². The van der Waals surface area contributed by atoms with Gasteiger partial charge in [-0.05, 0) is 19.3 Å². The van der Waals surface area contributed by atoms with Gasteiger partial charge in [0.1, 0.15) is 12.4 Å². The molecule has 4 heteroatoms. The number of nitrogens with zero attached hydrogens (tertiary/aromatic N) is 1. The van der Waals surface area contributed by atoms with Crippen molar-refractivity contribution >= 4 is 11.6 Å². The van der Waals surface area contributed by atoms with Crippen LogP contribution in [0.5, 0.6) is 6.08 Å². The third-order valence-electron chi connectivity index (χ3n) is 1.99. The van der Waals surface area contributed by atoms with Gasteiger partial charge >= 0.3 is 6.08 Å². The van der Waals surface area contributed by atoms with E-state index in [2.05, 4.69) is 4.98 Å². The molecule has 1 aliphatic rings. The molecule has 0 spiro atoms. The van der Waals surface area contributed by atoms with E-state index in [0.29, 0.717) is 18.1 Å². The lowest BCUT2D eigenvalue weighted by Crippen LogP contribution is -2.24. The molecule has 66 valence electrons. The monoisotopic (exact) mass is 187 g/mol. The van der Waals surface area contributed by atoms with Crippen LogP contribution in [-0.2, 0) is 5.88 Å². The molecule has 0 aliphatic heterocycles. The van der Waals surface area contributed by atoms with Gasteiger partial charge < -0.3 is 9.15 Å². The van der Waals surface area contributed by atoms with Gasteiger partial charge in [-0.1, -0.05) is 0 Å². The number of rotatable bonds is 3. The molecule has 1 aliphatic carbocycles. The molecule has 0 atom stereocenters. The molecule has 0 aromatic carbocycles. The molecule has 0 amide bonds. The van der Waals surface area contributed by atoms with Crippen molar-refractivity contribution < 1.29 is 9.15 Å². The quantitative estimate of drug-likeness (QED) is 0.682. The number of hydrogen-bond acceptors (Lipinski definition) is 3. The highest BCUT2D eigenvalue weighted by atomic mass is 35.5. The summed E-state index contributed by atoms with van der Waals surface area (Å²) in [4.78, 5) is 4.03. The van der Waals surface area contributed by atoms with E-state index < -0.39 is 0 Å². The number of oxazole rings is 1. The zero-order chi connectivity index (χ0) is 8.39. The van der Waals surface area contributed by atoms with E-state index in [1.807, 2.05) is 0 Å². The van der Waals surface area contributed by atoms with Gasteiger partial charge in [0.25, 0.3) is 0 Å². The first-order valence-corrected chi connectivity index (χ1v) is 4.59. The molecule has 1 heterocycles. The zero-order valence-electron chi connectivity index (χ0n) is 6.62. The van der Waals surface area contributed by atoms with E-state index in [-0.39, 0.29) is 0 Å². The Balaban J connectivity index is 1.93. The Morgan fingerprint density at radius 3 is 3.00 bits per heavy atom. The lowest BCUT2D eigenvalue weighted by atomic mass is 9.96. The highest BCUT2D eigenvalue weighted by Gasteiger charge is 2.21. The third-order valence-corrected chi connectivity index (χ3v) is 2.26. The summed E-state index contributed by atoms with van der Waals surface area (Å²) < 4.78 is 10.4. The number of halogens is 1. The predicted molar refractivity (Wildman–Crippen MR) is 44.3 cm³/mol. The lowest BCUT2D eigenvalue weighted by molar-refractivity contribution is 0.0834. The Bertz CT molecular complexity index is 257. The van der Waals surface area contributed by atoms with E-state index in [9.17, 15) is 0 Å². The maximum Gasteiger partial charge on any atom is 0.394 e. The Hall–Kier alpha value is -0.700. The number of hydrogen-bond donors (Lipinski definition) is 0. The molecule has 1 saturated carbocycles. The summed E-state index contributed by atoms with van der Waals surface area (Å²) in [6.45, 7) is 0. The molecule has 1 aromatic rings. The third kappa shape index (κ3) is 1.55. The largest absolute Gasteiger partial charge is 0.447 e. The number of aromatic nitrogens is 1. The molecule has 0 unspecified atom stereocenters. The smallest absolute Gasteiger partial charge is 0.394 e. The van der Waals surface area contributed by atoms with Crippen molar-refractivity contribution in [3.63, 3.8) is 0 Å². The van der Waals surface area contributed by atoms with Crippen LogP contribution >= 0.6 is 11.6 Å². The minimum Gasteiger partial charge on any atom is -0.447 e. The molecule has 3 nitrogen and oxygen atoms in total. The first-order valence-electron chi connectivity index (χ1n) is 4.05. The number of ether oxygens (including phenoxy) is 1. The molecule has 0 saturated heterocycles. The summed E-state index contributed by atoms with van der Waals surface area (Å²) in [6, 6.07) is 0. The van der Waals surface area contributed by atoms with E-state index in [0.717, 1.165) is 18.5 Å². The van der Waals surface area contributed by atoms with Crippen LogP contribution < -0.4 is 4.74 Å². The van der Waals surface area contributed by atoms with Crippen LogP contribution in [0.2, 0.25) is 0 Å². The molecular formula is C8H10ClNO2. The van der Waals surface area contributed by atoms with Crippen LogP contribution in [0.4, 0.5) is 0 Å². The Kier molecular flexibility index (Phi) is 2.21. The van der Waals surface area contributed by atoms with Gasteiger partial charge in [-0.3, -0.25) is 0 Å². The molecule has 0 radical (unpaired) electrons. The van der Waals surface area contributed by atoms with Crippen molar-refractivity contribution in [3.05, 3.63) is 12.0 Å². The van der Waals surface area contributed by atoms with Crippen molar-refractivity contribution in [2.75, 3.05) is 0 Å². The van der Waals surface area contributed by atoms with Gasteiger partial charge in [-0.15, -0.1) is 11.6 Å². The first-order chi connectivity index (χ1) is 5.88. The predicted octanol–water partition coefficient (Wildman–Crippen LogP) is 2.34. The van der Waals surface area contributed by atoms with E-state index >= 15 is 0 Å². The second kappa shape index (κ2) is 3.35. The molecule has 12 heavy (non-hydrogen) atoms. The Labute approximate surface area is 75.7 Å². The summed E-state index contributed by atoms with van der Waals surface area (Å²) in [6.07, 6.45) is 5.66. The van der Waals surface area contributed by atoms with Crippen molar-refractivity contribution in [3.8, 4) is 6.08 Å². The Morgan fingerprint density at radius 2 is 2.50 bits per heavy atom. The fraction of sp³-hybridized carbons (Fsp3) is 0.625. The average Bonchev–Trinajstić information content (AvgIpc) is 2.44. The van der Waals surface area contributed by atoms with Crippen molar-refractivity contribution in [2.24, 2.45) is 0 Å². The molecular weight excluding hydrogens is 178 g/mol. The van der Waals surface area contributed by atoms with E-state index in [1.54, 1.807) is 0 Å². The van der Waals surface area contributed by atoms with Gasteiger partial charge in [0.2, 0.25) is 0 Å². The van der Waals surface area contributed by atoms with Crippen molar-refractivity contribution in [1.82, 2.24) is 4.98 Å². The van der Waals surface area contributed by atoms with E-state index in [4.69, 9.17) is 20.8 Å². The summed E-state index contributed by atoms with van der Waals surface area (Å²) in [5, 5.41) is 0. The minimum atomic E-state index is 0.312. The van der Waals surface area contributed by atoms with Crippen molar-refractivity contribution in [1.29, 1.82) is 0 Å². The van der Waals surface area contributed by atoms with Crippen LogP contribution in [0.15, 0.2) is 10.7 Å². The van der Waals surface area contributed by atoms with Crippen LogP contribution in [0.1, 0.15) is 25.0 Å².